The van der Waals surface area contributed by atoms with Gasteiger partial charge in [0.25, 0.3) is 0 Å². The molecule has 0 saturated heterocycles. The van der Waals surface area contributed by atoms with Gasteiger partial charge < -0.3 is 10.1 Å². The van der Waals surface area contributed by atoms with Crippen molar-refractivity contribution in [3.8, 4) is 5.75 Å². The molecule has 0 bridgehead atoms. The molecular formula is C16H14ClN3O. The Hall–Kier alpha value is -2.33. The smallest absolute Gasteiger partial charge is 0.148 e. The lowest BCUT2D eigenvalue weighted by Gasteiger charge is -2.11. The lowest BCUT2D eigenvalue weighted by molar-refractivity contribution is 0.418. The maximum absolute atomic E-state index is 6.10. The van der Waals surface area contributed by atoms with Crippen molar-refractivity contribution >= 4 is 28.3 Å². The molecule has 0 aliphatic carbocycles. The van der Waals surface area contributed by atoms with Gasteiger partial charge in [-0.3, -0.25) is 4.98 Å². The van der Waals surface area contributed by atoms with Crippen LogP contribution >= 0.6 is 11.6 Å². The summed E-state index contributed by atoms with van der Waals surface area (Å²) in [5, 5.41) is 3.76. The molecule has 0 amide bonds. The highest BCUT2D eigenvalue weighted by Gasteiger charge is 2.10. The maximum atomic E-state index is 6.10. The number of anilines is 1. The Morgan fingerprint density at radius 3 is 2.71 bits per heavy atom. The molecule has 5 heteroatoms. The van der Waals surface area contributed by atoms with Gasteiger partial charge in [-0.1, -0.05) is 41.9 Å². The van der Waals surface area contributed by atoms with E-state index in [-0.39, 0.29) is 0 Å². The summed E-state index contributed by atoms with van der Waals surface area (Å²) in [5.41, 5.74) is 3.42. The number of fused-ring (bicyclic) bond motifs is 1. The Labute approximate surface area is 127 Å². The zero-order valence-corrected chi connectivity index (χ0v) is 12.3. The van der Waals surface area contributed by atoms with Crippen molar-refractivity contribution in [3.05, 3.63) is 59.4 Å². The van der Waals surface area contributed by atoms with Crippen molar-refractivity contribution in [2.75, 3.05) is 12.4 Å². The van der Waals surface area contributed by atoms with Crippen molar-refractivity contribution in [3.63, 3.8) is 0 Å². The van der Waals surface area contributed by atoms with Gasteiger partial charge in [-0.15, -0.1) is 0 Å². The minimum absolute atomic E-state index is 0.407. The van der Waals surface area contributed by atoms with Gasteiger partial charge >= 0.3 is 0 Å². The third-order valence-electron chi connectivity index (χ3n) is 3.17. The van der Waals surface area contributed by atoms with Crippen LogP contribution in [-0.2, 0) is 6.54 Å². The average molecular weight is 300 g/mol. The molecule has 4 nitrogen and oxygen atoms in total. The molecule has 106 valence electrons. The Morgan fingerprint density at radius 1 is 1.14 bits per heavy atom. The first-order valence-corrected chi connectivity index (χ1v) is 6.93. The van der Waals surface area contributed by atoms with Gasteiger partial charge in [0.05, 0.1) is 12.8 Å². The largest absolute Gasteiger partial charge is 0.494 e. The first-order valence-electron chi connectivity index (χ1n) is 6.55. The van der Waals surface area contributed by atoms with Crippen LogP contribution in [0.2, 0.25) is 5.15 Å². The first kappa shape index (κ1) is 13.6. The number of aromatic nitrogens is 2. The van der Waals surface area contributed by atoms with Crippen LogP contribution in [0, 0.1) is 0 Å². The fourth-order valence-corrected chi connectivity index (χ4v) is 2.35. The monoisotopic (exact) mass is 299 g/mol. The van der Waals surface area contributed by atoms with Crippen molar-refractivity contribution in [1.29, 1.82) is 0 Å². The van der Waals surface area contributed by atoms with Crippen molar-refractivity contribution < 1.29 is 4.74 Å². The van der Waals surface area contributed by atoms with E-state index in [9.17, 15) is 0 Å². The molecule has 3 aromatic rings. The van der Waals surface area contributed by atoms with Crippen LogP contribution in [-0.4, -0.2) is 17.1 Å². The summed E-state index contributed by atoms with van der Waals surface area (Å²) in [4.78, 5) is 8.68. The zero-order chi connectivity index (χ0) is 14.7. The Morgan fingerprint density at radius 2 is 1.95 bits per heavy atom. The van der Waals surface area contributed by atoms with Crippen LogP contribution < -0.4 is 10.1 Å². The lowest BCUT2D eigenvalue weighted by atomic mass is 10.2. The number of nitrogens with zero attached hydrogens (tertiary/aromatic N) is 2. The van der Waals surface area contributed by atoms with Gasteiger partial charge in [0.2, 0.25) is 0 Å². The molecule has 1 aromatic carbocycles. The summed E-state index contributed by atoms with van der Waals surface area (Å²) in [5.74, 6) is 0.658. The molecule has 0 atom stereocenters. The van der Waals surface area contributed by atoms with E-state index in [1.54, 1.807) is 25.4 Å². The number of benzene rings is 1. The van der Waals surface area contributed by atoms with E-state index < -0.39 is 0 Å². The zero-order valence-electron chi connectivity index (χ0n) is 11.5. The summed E-state index contributed by atoms with van der Waals surface area (Å²) in [6.07, 6.45) is 1.70. The van der Waals surface area contributed by atoms with Crippen LogP contribution in [0.25, 0.3) is 11.0 Å². The summed E-state index contributed by atoms with van der Waals surface area (Å²) in [6, 6.07) is 13.7. The SMILES string of the molecule is COc1ccnc2c(NCc3ccccc3)cc(Cl)nc12. The molecule has 3 rings (SSSR count). The number of rotatable bonds is 4. The molecule has 0 radical (unpaired) electrons. The highest BCUT2D eigenvalue weighted by Crippen LogP contribution is 2.29. The van der Waals surface area contributed by atoms with Crippen LogP contribution in [0.3, 0.4) is 0 Å². The first-order chi connectivity index (χ1) is 10.3. The topological polar surface area (TPSA) is 47.0 Å². The molecule has 0 spiro atoms. The van der Waals surface area contributed by atoms with E-state index in [2.05, 4.69) is 27.4 Å². The van der Waals surface area contributed by atoms with Gasteiger partial charge in [0.15, 0.2) is 0 Å². The fourth-order valence-electron chi connectivity index (χ4n) is 2.16. The molecule has 2 heterocycles. The molecule has 21 heavy (non-hydrogen) atoms. The summed E-state index contributed by atoms with van der Waals surface area (Å²) < 4.78 is 5.31. The minimum Gasteiger partial charge on any atom is -0.494 e. The molecule has 0 saturated carbocycles. The van der Waals surface area contributed by atoms with E-state index in [0.717, 1.165) is 11.2 Å². The quantitative estimate of drug-likeness (QED) is 0.742. The standard InChI is InChI=1S/C16H14ClN3O/c1-21-13-7-8-18-15-12(9-14(17)20-16(13)15)19-10-11-5-3-2-4-6-11/h2-9H,10H2,1H3,(H,19,20). The molecule has 0 unspecified atom stereocenters. The van der Waals surface area contributed by atoms with Crippen molar-refractivity contribution in [2.45, 2.75) is 6.54 Å². The predicted molar refractivity (Wildman–Crippen MR) is 84.9 cm³/mol. The lowest BCUT2D eigenvalue weighted by Crippen LogP contribution is -2.02. The van der Waals surface area contributed by atoms with Gasteiger partial charge in [0, 0.05) is 24.9 Å². The number of pyridine rings is 2. The number of nitrogens with one attached hydrogen (secondary N) is 1. The number of methoxy groups -OCH3 is 1. The number of ether oxygens (including phenoxy) is 1. The predicted octanol–water partition coefficient (Wildman–Crippen LogP) is 3.90. The molecule has 0 fully saturated rings. The number of hydrogen-bond donors (Lipinski definition) is 1. The Bertz CT molecular complexity index is 762. The Balaban J connectivity index is 1.98. The summed E-state index contributed by atoms with van der Waals surface area (Å²) in [7, 11) is 1.61. The van der Waals surface area contributed by atoms with Crippen LogP contribution in [0.4, 0.5) is 5.69 Å². The average Bonchev–Trinajstić information content (AvgIpc) is 2.53. The Kier molecular flexibility index (Phi) is 3.88. The molecule has 2 aromatic heterocycles. The van der Waals surface area contributed by atoms with E-state index >= 15 is 0 Å². The second kappa shape index (κ2) is 5.97. The van der Waals surface area contributed by atoms with Crippen molar-refractivity contribution in [2.24, 2.45) is 0 Å². The molecule has 1 N–H and O–H groups in total. The van der Waals surface area contributed by atoms with E-state index in [4.69, 9.17) is 16.3 Å². The summed E-state index contributed by atoms with van der Waals surface area (Å²) in [6.45, 7) is 0.690. The number of halogens is 1. The minimum atomic E-state index is 0.407. The highest BCUT2D eigenvalue weighted by atomic mass is 35.5. The van der Waals surface area contributed by atoms with Gasteiger partial charge in [-0.25, -0.2) is 4.98 Å². The summed E-state index contributed by atoms with van der Waals surface area (Å²) >= 11 is 6.10. The second-order valence-corrected chi connectivity index (χ2v) is 4.93. The van der Waals surface area contributed by atoms with Crippen molar-refractivity contribution in [1.82, 2.24) is 9.97 Å². The van der Waals surface area contributed by atoms with Crippen LogP contribution in [0.1, 0.15) is 5.56 Å². The second-order valence-electron chi connectivity index (χ2n) is 4.54. The van der Waals surface area contributed by atoms with Gasteiger partial charge in [-0.2, -0.15) is 0 Å². The van der Waals surface area contributed by atoms with Gasteiger partial charge in [-0.05, 0) is 5.56 Å². The van der Waals surface area contributed by atoms with E-state index in [0.29, 0.717) is 23.0 Å². The molecular weight excluding hydrogens is 286 g/mol. The maximum Gasteiger partial charge on any atom is 0.148 e. The van der Waals surface area contributed by atoms with E-state index in [1.165, 1.54) is 5.56 Å². The van der Waals surface area contributed by atoms with Gasteiger partial charge in [0.1, 0.15) is 21.9 Å². The highest BCUT2D eigenvalue weighted by molar-refractivity contribution is 6.30. The third-order valence-corrected chi connectivity index (χ3v) is 3.36. The fraction of sp³-hybridized carbons (Fsp3) is 0.125. The van der Waals surface area contributed by atoms with E-state index in [1.807, 2.05) is 18.2 Å². The van der Waals surface area contributed by atoms with Crippen LogP contribution in [0.15, 0.2) is 48.7 Å². The number of hydrogen-bond acceptors (Lipinski definition) is 4. The van der Waals surface area contributed by atoms with Crippen LogP contribution in [0.5, 0.6) is 5.75 Å². The normalized spacial score (nSPS) is 10.6. The molecule has 0 aliphatic rings. The third kappa shape index (κ3) is 2.90. The molecule has 0 aliphatic heterocycles.